The summed E-state index contributed by atoms with van der Waals surface area (Å²) >= 11 is 0. The standard InChI is InChI=1S/C19H23NO/c1-12(2)16-6-8-17(9-7-16)19(21)20-18-14(4)10-13(3)11-15(18)5/h6-12H,1-5H3,(H,20,21). The van der Waals surface area contributed by atoms with Gasteiger partial charge < -0.3 is 5.32 Å². The molecule has 0 unspecified atom stereocenters. The van der Waals surface area contributed by atoms with Gasteiger partial charge in [-0.15, -0.1) is 0 Å². The molecule has 2 nitrogen and oxygen atoms in total. The van der Waals surface area contributed by atoms with Crippen molar-refractivity contribution in [3.63, 3.8) is 0 Å². The highest BCUT2D eigenvalue weighted by Crippen LogP contribution is 2.23. The smallest absolute Gasteiger partial charge is 0.255 e. The van der Waals surface area contributed by atoms with Crippen LogP contribution in [-0.2, 0) is 0 Å². The van der Waals surface area contributed by atoms with Gasteiger partial charge in [0.1, 0.15) is 0 Å². The summed E-state index contributed by atoms with van der Waals surface area (Å²) < 4.78 is 0. The van der Waals surface area contributed by atoms with Gasteiger partial charge in [0.2, 0.25) is 0 Å². The van der Waals surface area contributed by atoms with Gasteiger partial charge >= 0.3 is 0 Å². The zero-order valence-corrected chi connectivity index (χ0v) is 13.4. The molecule has 0 aliphatic heterocycles. The van der Waals surface area contributed by atoms with Crippen molar-refractivity contribution >= 4 is 11.6 Å². The van der Waals surface area contributed by atoms with E-state index in [1.54, 1.807) is 0 Å². The largest absolute Gasteiger partial charge is 0.322 e. The molecule has 0 radical (unpaired) electrons. The van der Waals surface area contributed by atoms with Crippen LogP contribution in [0.4, 0.5) is 5.69 Å². The number of aryl methyl sites for hydroxylation is 3. The van der Waals surface area contributed by atoms with Crippen LogP contribution in [0.5, 0.6) is 0 Å². The summed E-state index contributed by atoms with van der Waals surface area (Å²) in [4.78, 5) is 12.4. The van der Waals surface area contributed by atoms with E-state index < -0.39 is 0 Å². The number of nitrogens with one attached hydrogen (secondary N) is 1. The first-order valence-corrected chi connectivity index (χ1v) is 7.37. The summed E-state index contributed by atoms with van der Waals surface area (Å²) in [7, 11) is 0. The van der Waals surface area contributed by atoms with Crippen LogP contribution in [0.25, 0.3) is 0 Å². The van der Waals surface area contributed by atoms with E-state index in [0.29, 0.717) is 11.5 Å². The first-order chi connectivity index (χ1) is 9.88. The highest BCUT2D eigenvalue weighted by Gasteiger charge is 2.10. The van der Waals surface area contributed by atoms with Crippen molar-refractivity contribution in [2.24, 2.45) is 0 Å². The highest BCUT2D eigenvalue weighted by atomic mass is 16.1. The summed E-state index contributed by atoms with van der Waals surface area (Å²) in [5, 5.41) is 3.03. The van der Waals surface area contributed by atoms with Crippen molar-refractivity contribution in [2.45, 2.75) is 40.5 Å². The van der Waals surface area contributed by atoms with E-state index in [1.807, 2.05) is 38.1 Å². The van der Waals surface area contributed by atoms with Crippen LogP contribution in [0.1, 0.15) is 52.4 Å². The molecule has 2 aromatic rings. The van der Waals surface area contributed by atoms with Gasteiger partial charge in [0, 0.05) is 11.3 Å². The molecule has 0 spiro atoms. The molecular weight excluding hydrogens is 258 g/mol. The Bertz CT molecular complexity index is 631. The van der Waals surface area contributed by atoms with Crippen molar-refractivity contribution in [1.29, 1.82) is 0 Å². The summed E-state index contributed by atoms with van der Waals surface area (Å²) in [6.07, 6.45) is 0. The molecule has 2 heteroatoms. The number of carbonyl (C=O) groups excluding carboxylic acids is 1. The van der Waals surface area contributed by atoms with Crippen LogP contribution >= 0.6 is 0 Å². The average Bonchev–Trinajstić information content (AvgIpc) is 2.42. The molecule has 110 valence electrons. The van der Waals surface area contributed by atoms with E-state index in [9.17, 15) is 4.79 Å². The van der Waals surface area contributed by atoms with E-state index in [1.165, 1.54) is 11.1 Å². The lowest BCUT2D eigenvalue weighted by Gasteiger charge is -2.13. The van der Waals surface area contributed by atoms with Crippen LogP contribution in [0.15, 0.2) is 36.4 Å². The second-order valence-electron chi connectivity index (χ2n) is 6.00. The van der Waals surface area contributed by atoms with E-state index in [0.717, 1.165) is 16.8 Å². The predicted molar refractivity (Wildman–Crippen MR) is 89.1 cm³/mol. The fourth-order valence-electron chi connectivity index (χ4n) is 2.58. The maximum Gasteiger partial charge on any atom is 0.255 e. The van der Waals surface area contributed by atoms with Crippen LogP contribution in [0.3, 0.4) is 0 Å². The van der Waals surface area contributed by atoms with Gasteiger partial charge in [-0.1, -0.05) is 43.7 Å². The van der Waals surface area contributed by atoms with Crippen LogP contribution in [-0.4, -0.2) is 5.91 Å². The average molecular weight is 281 g/mol. The first-order valence-electron chi connectivity index (χ1n) is 7.37. The van der Waals surface area contributed by atoms with Crippen molar-refractivity contribution in [1.82, 2.24) is 0 Å². The number of anilines is 1. The minimum atomic E-state index is -0.0552. The third kappa shape index (κ3) is 3.52. The van der Waals surface area contributed by atoms with E-state index in [2.05, 4.69) is 38.2 Å². The number of hydrogen-bond donors (Lipinski definition) is 1. The molecule has 0 saturated carbocycles. The lowest BCUT2D eigenvalue weighted by molar-refractivity contribution is 0.102. The van der Waals surface area contributed by atoms with Gasteiger partial charge in [-0.3, -0.25) is 4.79 Å². The van der Waals surface area contributed by atoms with Crippen molar-refractivity contribution in [3.8, 4) is 0 Å². The molecule has 0 aliphatic rings. The molecular formula is C19H23NO. The fourth-order valence-corrected chi connectivity index (χ4v) is 2.58. The normalized spacial score (nSPS) is 10.8. The molecule has 1 N–H and O–H groups in total. The molecule has 0 atom stereocenters. The maximum atomic E-state index is 12.4. The number of rotatable bonds is 3. The zero-order chi connectivity index (χ0) is 15.6. The summed E-state index contributed by atoms with van der Waals surface area (Å²) in [5.41, 5.74) is 6.26. The van der Waals surface area contributed by atoms with Gasteiger partial charge in [0.25, 0.3) is 5.91 Å². The predicted octanol–water partition coefficient (Wildman–Crippen LogP) is 4.99. The minimum Gasteiger partial charge on any atom is -0.322 e. The topological polar surface area (TPSA) is 29.1 Å². The zero-order valence-electron chi connectivity index (χ0n) is 13.4. The van der Waals surface area contributed by atoms with Crippen LogP contribution in [0, 0.1) is 20.8 Å². The Labute approximate surface area is 127 Å². The molecule has 0 bridgehead atoms. The SMILES string of the molecule is Cc1cc(C)c(NC(=O)c2ccc(C(C)C)cc2)c(C)c1. The van der Waals surface area contributed by atoms with Gasteiger partial charge in [0.15, 0.2) is 0 Å². The molecule has 0 aliphatic carbocycles. The first kappa shape index (κ1) is 15.3. The molecule has 2 rings (SSSR count). The quantitative estimate of drug-likeness (QED) is 0.844. The molecule has 1 amide bonds. The van der Waals surface area contributed by atoms with Crippen molar-refractivity contribution in [2.75, 3.05) is 5.32 Å². The molecule has 0 aromatic heterocycles. The van der Waals surface area contributed by atoms with Crippen LogP contribution < -0.4 is 5.32 Å². The Morgan fingerprint density at radius 2 is 1.48 bits per heavy atom. The Balaban J connectivity index is 2.22. The molecule has 21 heavy (non-hydrogen) atoms. The molecule has 2 aromatic carbocycles. The monoisotopic (exact) mass is 281 g/mol. The van der Waals surface area contributed by atoms with E-state index in [4.69, 9.17) is 0 Å². The van der Waals surface area contributed by atoms with Crippen molar-refractivity contribution < 1.29 is 4.79 Å². The van der Waals surface area contributed by atoms with Gasteiger partial charge in [-0.05, 0) is 55.5 Å². The third-order valence-electron chi connectivity index (χ3n) is 3.76. The third-order valence-corrected chi connectivity index (χ3v) is 3.76. The number of carbonyl (C=O) groups is 1. The number of hydrogen-bond acceptors (Lipinski definition) is 1. The minimum absolute atomic E-state index is 0.0552. The van der Waals surface area contributed by atoms with Crippen molar-refractivity contribution in [3.05, 3.63) is 64.2 Å². The van der Waals surface area contributed by atoms with Gasteiger partial charge in [-0.25, -0.2) is 0 Å². The van der Waals surface area contributed by atoms with E-state index >= 15 is 0 Å². The fraction of sp³-hybridized carbons (Fsp3) is 0.316. The maximum absolute atomic E-state index is 12.4. The lowest BCUT2D eigenvalue weighted by atomic mass is 10.0. The Kier molecular flexibility index (Phi) is 4.46. The lowest BCUT2D eigenvalue weighted by Crippen LogP contribution is -2.14. The molecule has 0 saturated heterocycles. The summed E-state index contributed by atoms with van der Waals surface area (Å²) in [6.45, 7) is 10.4. The van der Waals surface area contributed by atoms with E-state index in [-0.39, 0.29) is 5.91 Å². The second-order valence-corrected chi connectivity index (χ2v) is 6.00. The van der Waals surface area contributed by atoms with Gasteiger partial charge in [0.05, 0.1) is 0 Å². The summed E-state index contributed by atoms with van der Waals surface area (Å²) in [6, 6.07) is 12.0. The second kappa shape index (κ2) is 6.13. The Morgan fingerprint density at radius 1 is 0.952 bits per heavy atom. The highest BCUT2D eigenvalue weighted by molar-refractivity contribution is 6.05. The number of amides is 1. The van der Waals surface area contributed by atoms with Gasteiger partial charge in [-0.2, -0.15) is 0 Å². The number of benzene rings is 2. The molecule has 0 heterocycles. The Morgan fingerprint density at radius 3 is 1.95 bits per heavy atom. The Hall–Kier alpha value is -2.09. The summed E-state index contributed by atoms with van der Waals surface area (Å²) in [5.74, 6) is 0.420. The molecule has 0 fully saturated rings. The van der Waals surface area contributed by atoms with Crippen LogP contribution in [0.2, 0.25) is 0 Å².